The molecule has 2 aliphatic heterocycles. The first kappa shape index (κ1) is 26.7. The number of carboxylic acids is 1. The van der Waals surface area contributed by atoms with Gasteiger partial charge in [-0.25, -0.2) is 14.2 Å². The van der Waals surface area contributed by atoms with Gasteiger partial charge in [0.2, 0.25) is 0 Å². The Labute approximate surface area is 236 Å². The minimum absolute atomic E-state index is 0.0874. The molecule has 2 aromatic carbocycles. The number of anilines is 1. The second-order valence-electron chi connectivity index (χ2n) is 10.4. The molecule has 11 heteroatoms. The van der Waals surface area contributed by atoms with Crippen LogP contribution in [0.3, 0.4) is 0 Å². The molecule has 4 aromatic rings. The predicted molar refractivity (Wildman–Crippen MR) is 148 cm³/mol. The van der Waals surface area contributed by atoms with Gasteiger partial charge in [-0.05, 0) is 55.3 Å². The number of aromatic carboxylic acids is 1. The van der Waals surface area contributed by atoms with E-state index in [0.717, 1.165) is 55.1 Å². The van der Waals surface area contributed by atoms with E-state index in [-0.39, 0.29) is 30.1 Å². The van der Waals surface area contributed by atoms with Crippen molar-refractivity contribution in [3.8, 4) is 11.8 Å². The summed E-state index contributed by atoms with van der Waals surface area (Å²) in [5.74, 6) is -0.413. The van der Waals surface area contributed by atoms with Crippen LogP contribution in [0.2, 0.25) is 0 Å². The number of ether oxygens (including phenoxy) is 2. The van der Waals surface area contributed by atoms with Gasteiger partial charge in [0.1, 0.15) is 18.5 Å². The van der Waals surface area contributed by atoms with E-state index in [1.54, 1.807) is 42.5 Å². The third kappa shape index (κ3) is 5.99. The van der Waals surface area contributed by atoms with Crippen molar-refractivity contribution in [3.63, 3.8) is 0 Å². The molecule has 2 unspecified atom stereocenters. The molecule has 41 heavy (non-hydrogen) atoms. The van der Waals surface area contributed by atoms with Crippen molar-refractivity contribution >= 4 is 22.7 Å². The number of imidazole rings is 1. The number of hydrogen-bond acceptors (Lipinski definition) is 8. The summed E-state index contributed by atoms with van der Waals surface area (Å²) in [6, 6.07) is 15.3. The highest BCUT2D eigenvalue weighted by Crippen LogP contribution is 2.27. The lowest BCUT2D eigenvalue weighted by molar-refractivity contribution is -0.0591. The van der Waals surface area contributed by atoms with Crippen molar-refractivity contribution in [2.75, 3.05) is 25.0 Å². The van der Waals surface area contributed by atoms with E-state index < -0.39 is 11.8 Å². The normalized spacial score (nSPS) is 18.6. The second-order valence-corrected chi connectivity index (χ2v) is 10.4. The molecule has 10 nitrogen and oxygen atoms in total. The van der Waals surface area contributed by atoms with Gasteiger partial charge in [0, 0.05) is 43.7 Å². The number of benzene rings is 2. The average molecular weight is 557 g/mol. The summed E-state index contributed by atoms with van der Waals surface area (Å²) in [5, 5.41) is 21.9. The third-order valence-corrected chi connectivity index (χ3v) is 7.52. The molecule has 2 saturated heterocycles. The van der Waals surface area contributed by atoms with Crippen molar-refractivity contribution < 1.29 is 23.8 Å². The summed E-state index contributed by atoms with van der Waals surface area (Å²) < 4.78 is 27.9. The minimum atomic E-state index is -0.963. The number of fused-ring (bicyclic) bond motifs is 1. The van der Waals surface area contributed by atoms with E-state index in [2.05, 4.69) is 19.8 Å². The van der Waals surface area contributed by atoms with Crippen molar-refractivity contribution in [1.82, 2.24) is 19.4 Å². The van der Waals surface area contributed by atoms with Gasteiger partial charge in [0.25, 0.3) is 0 Å². The average Bonchev–Trinajstić information content (AvgIpc) is 3.54. The molecule has 2 aromatic heterocycles. The Bertz CT molecular complexity index is 1610. The monoisotopic (exact) mass is 556 g/mol. The van der Waals surface area contributed by atoms with Gasteiger partial charge < -0.3 is 24.5 Å². The summed E-state index contributed by atoms with van der Waals surface area (Å²) in [7, 11) is 0. The van der Waals surface area contributed by atoms with Gasteiger partial charge in [-0.15, -0.1) is 0 Å². The zero-order valence-electron chi connectivity index (χ0n) is 22.3. The maximum absolute atomic E-state index is 14.4. The molecule has 0 radical (unpaired) electrons. The number of carbonyl (C=O) groups is 1. The lowest BCUT2D eigenvalue weighted by atomic mass is 10.1. The highest BCUT2D eigenvalue weighted by atomic mass is 19.1. The Hall–Kier alpha value is -4.53. The quantitative estimate of drug-likeness (QED) is 0.296. The molecular weight excluding hydrogens is 527 g/mol. The highest BCUT2D eigenvalue weighted by molar-refractivity contribution is 5.92. The second kappa shape index (κ2) is 11.5. The standard InChI is InChI=1S/C30H29FN6O4/c31-25-5-4-21(12-28(25)41-18-23-3-1-19(13-32)14-33-23)34-22-7-9-36(15-22)17-29-35-26-6-2-20(30(38)39)11-27(26)37(29)16-24-8-10-40-24/h1-6,11-12,14,22,24,34H,7-10,15-18H2,(H,38,39). The van der Waals surface area contributed by atoms with Gasteiger partial charge in [0.15, 0.2) is 11.6 Å². The smallest absolute Gasteiger partial charge is 0.335 e. The van der Waals surface area contributed by atoms with Gasteiger partial charge in [0.05, 0.1) is 47.0 Å². The number of hydrogen-bond donors (Lipinski definition) is 2. The maximum atomic E-state index is 14.4. The first-order valence-electron chi connectivity index (χ1n) is 13.6. The molecule has 2 fully saturated rings. The summed E-state index contributed by atoms with van der Waals surface area (Å²) in [4.78, 5) is 22.9. The van der Waals surface area contributed by atoms with E-state index in [0.29, 0.717) is 24.3 Å². The van der Waals surface area contributed by atoms with Gasteiger partial charge in [-0.1, -0.05) is 0 Å². The van der Waals surface area contributed by atoms with Crippen molar-refractivity contribution in [2.45, 2.75) is 44.7 Å². The minimum Gasteiger partial charge on any atom is -0.484 e. The molecule has 0 bridgehead atoms. The van der Waals surface area contributed by atoms with Gasteiger partial charge >= 0.3 is 5.97 Å². The Morgan fingerprint density at radius 1 is 1.22 bits per heavy atom. The van der Waals surface area contributed by atoms with Crippen LogP contribution in [0.25, 0.3) is 11.0 Å². The number of nitrogens with zero attached hydrogens (tertiary/aromatic N) is 5. The van der Waals surface area contributed by atoms with Crippen LogP contribution in [0.5, 0.6) is 5.75 Å². The Morgan fingerprint density at radius 2 is 2.10 bits per heavy atom. The van der Waals surface area contributed by atoms with E-state index in [1.165, 1.54) is 12.3 Å². The Morgan fingerprint density at radius 3 is 2.83 bits per heavy atom. The Balaban J connectivity index is 1.11. The fraction of sp³-hybridized carbons (Fsp3) is 0.333. The fourth-order valence-corrected chi connectivity index (χ4v) is 5.22. The van der Waals surface area contributed by atoms with Crippen LogP contribution in [0.15, 0.2) is 54.7 Å². The third-order valence-electron chi connectivity index (χ3n) is 7.52. The lowest BCUT2D eigenvalue weighted by Gasteiger charge is -2.28. The first-order valence-corrected chi connectivity index (χ1v) is 13.6. The molecule has 0 saturated carbocycles. The highest BCUT2D eigenvalue weighted by Gasteiger charge is 2.27. The largest absolute Gasteiger partial charge is 0.484 e. The van der Waals surface area contributed by atoms with Crippen LogP contribution in [-0.2, 0) is 24.4 Å². The van der Waals surface area contributed by atoms with Crippen LogP contribution in [-0.4, -0.2) is 62.4 Å². The number of halogens is 1. The molecule has 210 valence electrons. The van der Waals surface area contributed by atoms with Gasteiger partial charge in [-0.2, -0.15) is 5.26 Å². The molecule has 2 N–H and O–H groups in total. The number of pyridine rings is 1. The number of aromatic nitrogens is 3. The van der Waals surface area contributed by atoms with E-state index in [1.807, 2.05) is 6.07 Å². The zero-order chi connectivity index (χ0) is 28.3. The first-order chi connectivity index (χ1) is 19.9. The lowest BCUT2D eigenvalue weighted by Crippen LogP contribution is -2.33. The topological polar surface area (TPSA) is 126 Å². The summed E-state index contributed by atoms with van der Waals surface area (Å²) in [6.45, 7) is 3.72. The molecule has 6 rings (SSSR count). The van der Waals surface area contributed by atoms with Crippen molar-refractivity contribution in [3.05, 3.63) is 83.2 Å². The van der Waals surface area contributed by atoms with E-state index in [4.69, 9.17) is 19.7 Å². The molecule has 0 aliphatic carbocycles. The Kier molecular flexibility index (Phi) is 7.50. The van der Waals surface area contributed by atoms with E-state index in [9.17, 15) is 14.3 Å². The molecule has 4 heterocycles. The number of nitrogens with one attached hydrogen (secondary N) is 1. The van der Waals surface area contributed by atoms with E-state index >= 15 is 0 Å². The van der Waals surface area contributed by atoms with Crippen LogP contribution < -0.4 is 10.1 Å². The summed E-state index contributed by atoms with van der Waals surface area (Å²) in [6.07, 6.45) is 3.44. The number of rotatable bonds is 10. The number of nitriles is 1. The van der Waals surface area contributed by atoms with Gasteiger partial charge in [-0.3, -0.25) is 9.88 Å². The predicted octanol–water partition coefficient (Wildman–Crippen LogP) is 4.19. The SMILES string of the molecule is N#Cc1ccc(COc2cc(NC3CCN(Cc4nc5ccc(C(=O)O)cc5n4CC4CCO4)C3)ccc2F)nc1. The van der Waals surface area contributed by atoms with Crippen LogP contribution >= 0.6 is 0 Å². The molecule has 0 spiro atoms. The van der Waals surface area contributed by atoms with Crippen molar-refractivity contribution in [2.24, 2.45) is 0 Å². The molecule has 2 aliphatic rings. The van der Waals surface area contributed by atoms with Crippen LogP contribution in [0, 0.1) is 17.1 Å². The molecular formula is C30H29FN6O4. The molecule has 0 amide bonds. The van der Waals surface area contributed by atoms with Crippen molar-refractivity contribution in [1.29, 1.82) is 5.26 Å². The summed E-state index contributed by atoms with van der Waals surface area (Å²) in [5.41, 5.74) is 3.63. The van der Waals surface area contributed by atoms with Crippen LogP contribution in [0.1, 0.15) is 40.3 Å². The molecule has 2 atom stereocenters. The number of likely N-dealkylation sites (tertiary alicyclic amines) is 1. The maximum Gasteiger partial charge on any atom is 0.335 e. The summed E-state index contributed by atoms with van der Waals surface area (Å²) >= 11 is 0. The number of carboxylic acid groups (broad SMARTS) is 1. The van der Waals surface area contributed by atoms with Crippen LogP contribution in [0.4, 0.5) is 10.1 Å². The fourth-order valence-electron chi connectivity index (χ4n) is 5.22. The zero-order valence-corrected chi connectivity index (χ0v) is 22.3.